The predicted molar refractivity (Wildman–Crippen MR) is 126 cm³/mol. The van der Waals surface area contributed by atoms with Gasteiger partial charge in [0.25, 0.3) is 0 Å². The van der Waals surface area contributed by atoms with Gasteiger partial charge in [0.2, 0.25) is 11.8 Å². The number of nitrogens with one attached hydrogen (secondary N) is 2. The Morgan fingerprint density at radius 1 is 1.19 bits per heavy atom. The van der Waals surface area contributed by atoms with Crippen LogP contribution in [0, 0.1) is 0 Å². The summed E-state index contributed by atoms with van der Waals surface area (Å²) in [6.45, 7) is 0.817. The van der Waals surface area contributed by atoms with Crippen LogP contribution in [-0.4, -0.2) is 46.9 Å². The van der Waals surface area contributed by atoms with E-state index in [0.717, 1.165) is 5.56 Å². The standard InChI is InChI=1S/C23H22ClN3O4S/c24-18-9-5-4-8-17(18)10-11-20(28)26-23(32)27-13-12-25-22(30)19(27)14-21(29)31-15-16-6-2-1-3-7-16/h1-11,19H,12-15H2,(H,25,30)(H,26,28,32)/b11-10+. The van der Waals surface area contributed by atoms with Crippen molar-refractivity contribution in [1.82, 2.24) is 15.5 Å². The molecule has 1 aliphatic heterocycles. The summed E-state index contributed by atoms with van der Waals surface area (Å²) < 4.78 is 5.29. The number of hydrogen-bond donors (Lipinski definition) is 2. The molecule has 0 aromatic heterocycles. The van der Waals surface area contributed by atoms with Crippen LogP contribution in [-0.2, 0) is 25.7 Å². The van der Waals surface area contributed by atoms with E-state index in [1.807, 2.05) is 36.4 Å². The zero-order chi connectivity index (χ0) is 22.9. The van der Waals surface area contributed by atoms with E-state index in [0.29, 0.717) is 23.7 Å². The lowest BCUT2D eigenvalue weighted by atomic mass is 10.1. The second kappa shape index (κ2) is 11.4. The summed E-state index contributed by atoms with van der Waals surface area (Å²) in [5.74, 6) is -1.35. The van der Waals surface area contributed by atoms with Crippen molar-refractivity contribution in [2.45, 2.75) is 19.1 Å². The van der Waals surface area contributed by atoms with Crippen molar-refractivity contribution < 1.29 is 19.1 Å². The number of halogens is 1. The molecule has 0 radical (unpaired) electrons. The molecule has 1 atom stereocenters. The average molecular weight is 472 g/mol. The molecule has 32 heavy (non-hydrogen) atoms. The molecule has 3 rings (SSSR count). The number of nitrogens with zero attached hydrogens (tertiary/aromatic N) is 1. The van der Waals surface area contributed by atoms with Gasteiger partial charge < -0.3 is 15.0 Å². The van der Waals surface area contributed by atoms with Gasteiger partial charge >= 0.3 is 5.97 Å². The van der Waals surface area contributed by atoms with E-state index in [1.165, 1.54) is 11.0 Å². The maximum absolute atomic E-state index is 12.4. The van der Waals surface area contributed by atoms with Crippen molar-refractivity contribution in [1.29, 1.82) is 0 Å². The average Bonchev–Trinajstić information content (AvgIpc) is 2.79. The number of piperazine rings is 1. The van der Waals surface area contributed by atoms with Crippen LogP contribution >= 0.6 is 23.8 Å². The molecule has 1 saturated heterocycles. The van der Waals surface area contributed by atoms with Crippen molar-refractivity contribution in [3.63, 3.8) is 0 Å². The first kappa shape index (κ1) is 23.4. The minimum Gasteiger partial charge on any atom is -0.461 e. The summed E-state index contributed by atoms with van der Waals surface area (Å²) in [7, 11) is 0. The van der Waals surface area contributed by atoms with Gasteiger partial charge in [-0.3, -0.25) is 19.7 Å². The normalized spacial score (nSPS) is 15.8. The highest BCUT2D eigenvalue weighted by Gasteiger charge is 2.34. The zero-order valence-electron chi connectivity index (χ0n) is 17.1. The molecule has 9 heteroatoms. The Morgan fingerprint density at radius 2 is 1.91 bits per heavy atom. The van der Waals surface area contributed by atoms with Crippen LogP contribution in [0.1, 0.15) is 17.5 Å². The fourth-order valence-electron chi connectivity index (χ4n) is 3.11. The first-order valence-corrected chi connectivity index (χ1v) is 10.7. The third-order valence-corrected chi connectivity index (χ3v) is 5.42. The van der Waals surface area contributed by atoms with Crippen LogP contribution in [0.2, 0.25) is 5.02 Å². The fourth-order valence-corrected chi connectivity index (χ4v) is 3.63. The Bertz CT molecular complexity index is 1030. The van der Waals surface area contributed by atoms with Crippen molar-refractivity contribution in [2.24, 2.45) is 0 Å². The minimum absolute atomic E-state index is 0.0644. The molecule has 1 unspecified atom stereocenters. The van der Waals surface area contributed by atoms with Gasteiger partial charge in [0.15, 0.2) is 5.11 Å². The van der Waals surface area contributed by atoms with Crippen LogP contribution in [0.5, 0.6) is 0 Å². The number of benzene rings is 2. The Labute approximate surface area is 196 Å². The highest BCUT2D eigenvalue weighted by atomic mass is 35.5. The number of carbonyl (C=O) groups excluding carboxylic acids is 3. The highest BCUT2D eigenvalue weighted by Crippen LogP contribution is 2.16. The van der Waals surface area contributed by atoms with Gasteiger partial charge in [-0.2, -0.15) is 0 Å². The Balaban J connectivity index is 1.58. The SMILES string of the molecule is O=C(/C=C/c1ccccc1Cl)NC(=S)N1CCNC(=O)C1CC(=O)OCc1ccccc1. The molecule has 1 fully saturated rings. The number of carbonyl (C=O) groups is 3. The van der Waals surface area contributed by atoms with Crippen molar-refractivity contribution >= 4 is 52.8 Å². The third-order valence-electron chi connectivity index (χ3n) is 4.74. The summed E-state index contributed by atoms with van der Waals surface area (Å²) in [6.07, 6.45) is 2.69. The molecule has 1 aliphatic rings. The number of hydrogen-bond acceptors (Lipinski definition) is 5. The summed E-state index contributed by atoms with van der Waals surface area (Å²) in [6, 6.07) is 15.5. The lowest BCUT2D eigenvalue weighted by Gasteiger charge is -2.36. The monoisotopic (exact) mass is 471 g/mol. The Hall–Kier alpha value is -3.23. The van der Waals surface area contributed by atoms with E-state index in [2.05, 4.69) is 10.6 Å². The Kier molecular flexibility index (Phi) is 8.35. The van der Waals surface area contributed by atoms with Gasteiger partial charge in [-0.1, -0.05) is 60.1 Å². The molecule has 0 spiro atoms. The lowest BCUT2D eigenvalue weighted by Crippen LogP contribution is -2.60. The van der Waals surface area contributed by atoms with E-state index in [-0.39, 0.29) is 24.0 Å². The lowest BCUT2D eigenvalue weighted by molar-refractivity contribution is -0.148. The van der Waals surface area contributed by atoms with Gasteiger partial charge in [0.1, 0.15) is 12.6 Å². The second-order valence-electron chi connectivity index (χ2n) is 7.00. The van der Waals surface area contributed by atoms with Gasteiger partial charge in [-0.15, -0.1) is 0 Å². The maximum Gasteiger partial charge on any atom is 0.308 e. The Morgan fingerprint density at radius 3 is 2.66 bits per heavy atom. The number of ether oxygens (including phenoxy) is 1. The van der Waals surface area contributed by atoms with Crippen LogP contribution in [0.15, 0.2) is 60.7 Å². The van der Waals surface area contributed by atoms with Crippen LogP contribution < -0.4 is 10.6 Å². The molecule has 0 bridgehead atoms. The molecule has 2 aromatic rings. The number of amides is 2. The summed E-state index contributed by atoms with van der Waals surface area (Å²) in [5.41, 5.74) is 1.53. The van der Waals surface area contributed by atoms with Gasteiger partial charge in [-0.05, 0) is 35.5 Å². The number of thiocarbonyl (C=S) groups is 1. The molecule has 166 valence electrons. The van der Waals surface area contributed by atoms with E-state index in [4.69, 9.17) is 28.6 Å². The molecule has 1 heterocycles. The van der Waals surface area contributed by atoms with Crippen molar-refractivity contribution in [3.05, 3.63) is 76.8 Å². The van der Waals surface area contributed by atoms with Gasteiger partial charge in [0, 0.05) is 24.2 Å². The van der Waals surface area contributed by atoms with Gasteiger partial charge in [-0.25, -0.2) is 0 Å². The van der Waals surface area contributed by atoms with Crippen LogP contribution in [0.3, 0.4) is 0 Å². The first-order valence-electron chi connectivity index (χ1n) is 9.95. The topological polar surface area (TPSA) is 87.7 Å². The van der Waals surface area contributed by atoms with E-state index >= 15 is 0 Å². The first-order chi connectivity index (χ1) is 15.4. The second-order valence-corrected chi connectivity index (χ2v) is 7.79. The predicted octanol–water partition coefficient (Wildman–Crippen LogP) is 2.69. The quantitative estimate of drug-likeness (QED) is 0.382. The van der Waals surface area contributed by atoms with Gasteiger partial charge in [0.05, 0.1) is 6.42 Å². The largest absolute Gasteiger partial charge is 0.461 e. The maximum atomic E-state index is 12.4. The summed E-state index contributed by atoms with van der Waals surface area (Å²) in [4.78, 5) is 38.6. The van der Waals surface area contributed by atoms with Crippen LogP contribution in [0.25, 0.3) is 6.08 Å². The van der Waals surface area contributed by atoms with Crippen LogP contribution in [0.4, 0.5) is 0 Å². The van der Waals surface area contributed by atoms with E-state index < -0.39 is 17.9 Å². The minimum atomic E-state index is -0.868. The number of rotatable bonds is 6. The molecule has 7 nitrogen and oxygen atoms in total. The number of esters is 1. The summed E-state index contributed by atoms with van der Waals surface area (Å²) >= 11 is 11.4. The molecular formula is C23H22ClN3O4S. The molecule has 0 saturated carbocycles. The zero-order valence-corrected chi connectivity index (χ0v) is 18.7. The van der Waals surface area contributed by atoms with E-state index in [9.17, 15) is 14.4 Å². The molecule has 2 amide bonds. The molecular weight excluding hydrogens is 450 g/mol. The molecule has 2 N–H and O–H groups in total. The third kappa shape index (κ3) is 6.63. The smallest absolute Gasteiger partial charge is 0.308 e. The van der Waals surface area contributed by atoms with Crippen molar-refractivity contribution in [2.75, 3.05) is 13.1 Å². The highest BCUT2D eigenvalue weighted by molar-refractivity contribution is 7.80. The van der Waals surface area contributed by atoms with Crippen molar-refractivity contribution in [3.8, 4) is 0 Å². The molecule has 0 aliphatic carbocycles. The summed E-state index contributed by atoms with van der Waals surface area (Å²) in [5, 5.41) is 5.87. The molecule has 2 aromatic carbocycles. The van der Waals surface area contributed by atoms with E-state index in [1.54, 1.807) is 24.3 Å². The fraction of sp³-hybridized carbons (Fsp3) is 0.217.